The normalized spacial score (nSPS) is 18.2. The van der Waals surface area contributed by atoms with Crippen LogP contribution in [0.1, 0.15) is 32.9 Å². The van der Waals surface area contributed by atoms with Gasteiger partial charge in [-0.2, -0.15) is 0 Å². The van der Waals surface area contributed by atoms with Gasteiger partial charge in [0.05, 0.1) is 6.54 Å². The molecule has 10 heteroatoms. The Labute approximate surface area is 181 Å². The predicted octanol–water partition coefficient (Wildman–Crippen LogP) is 3.21. The molecule has 1 aliphatic heterocycles. The molecular formula is C21H18FN5O3S. The van der Waals surface area contributed by atoms with E-state index in [2.05, 4.69) is 20.8 Å². The Bertz CT molecular complexity index is 1180. The van der Waals surface area contributed by atoms with Gasteiger partial charge in [-0.1, -0.05) is 35.6 Å². The van der Waals surface area contributed by atoms with Crippen LogP contribution in [0.4, 0.5) is 14.9 Å². The summed E-state index contributed by atoms with van der Waals surface area (Å²) < 4.78 is 13.0. The molecule has 2 heterocycles. The molecule has 3 aromatic rings. The van der Waals surface area contributed by atoms with Crippen molar-refractivity contribution < 1.29 is 18.8 Å². The molecule has 1 fully saturated rings. The number of nitrogens with zero attached hydrogens (tertiary/aromatic N) is 3. The van der Waals surface area contributed by atoms with Gasteiger partial charge < -0.3 is 10.6 Å². The standard InChI is InChI=1S/C21H18FN5O3S/c1-12-5-3-4-6-15(12)21(2)19(29)27(20(30)24-21)11-16-25-26-18(31-16)17(28)23-14-9-7-13(22)8-10-14/h3-10H,11H2,1-2H3,(H,23,28)(H,24,30). The third-order valence-electron chi connectivity index (χ3n) is 5.02. The SMILES string of the molecule is Cc1ccccc1C1(C)NC(=O)N(Cc2nnc(C(=O)Nc3ccc(F)cc3)s2)C1=O. The quantitative estimate of drug-likeness (QED) is 0.594. The molecule has 0 aliphatic carbocycles. The lowest BCUT2D eigenvalue weighted by atomic mass is 9.88. The second kappa shape index (κ2) is 7.88. The maximum absolute atomic E-state index is 13.1. The van der Waals surface area contributed by atoms with Crippen molar-refractivity contribution in [2.75, 3.05) is 5.32 Å². The highest BCUT2D eigenvalue weighted by Crippen LogP contribution is 2.32. The summed E-state index contributed by atoms with van der Waals surface area (Å²) in [5, 5.41) is 13.5. The van der Waals surface area contributed by atoms with Crippen molar-refractivity contribution in [3.63, 3.8) is 0 Å². The Hall–Kier alpha value is -3.66. The number of hydrogen-bond acceptors (Lipinski definition) is 6. The molecule has 31 heavy (non-hydrogen) atoms. The fraction of sp³-hybridized carbons (Fsp3) is 0.190. The molecular weight excluding hydrogens is 421 g/mol. The average molecular weight is 439 g/mol. The molecule has 1 atom stereocenters. The molecule has 0 bridgehead atoms. The molecule has 1 aromatic heterocycles. The van der Waals surface area contributed by atoms with E-state index in [1.54, 1.807) is 13.0 Å². The van der Waals surface area contributed by atoms with Crippen molar-refractivity contribution in [2.24, 2.45) is 0 Å². The number of urea groups is 1. The minimum absolute atomic E-state index is 0.0630. The summed E-state index contributed by atoms with van der Waals surface area (Å²) >= 11 is 0.971. The Balaban J connectivity index is 1.49. The largest absolute Gasteiger partial charge is 0.325 e. The van der Waals surface area contributed by atoms with Crippen LogP contribution in [-0.4, -0.2) is 32.9 Å². The van der Waals surface area contributed by atoms with Crippen molar-refractivity contribution in [2.45, 2.75) is 25.9 Å². The first-order valence-electron chi connectivity index (χ1n) is 9.37. The molecule has 1 aliphatic rings. The summed E-state index contributed by atoms with van der Waals surface area (Å²) in [5.41, 5.74) is 0.825. The van der Waals surface area contributed by atoms with E-state index in [0.717, 1.165) is 21.8 Å². The molecule has 0 saturated carbocycles. The van der Waals surface area contributed by atoms with E-state index in [1.165, 1.54) is 24.3 Å². The van der Waals surface area contributed by atoms with E-state index >= 15 is 0 Å². The highest BCUT2D eigenvalue weighted by Gasteiger charge is 2.49. The molecule has 4 amide bonds. The minimum atomic E-state index is -1.18. The first-order valence-corrected chi connectivity index (χ1v) is 10.2. The van der Waals surface area contributed by atoms with E-state index in [0.29, 0.717) is 16.3 Å². The van der Waals surface area contributed by atoms with Crippen LogP contribution in [0, 0.1) is 12.7 Å². The van der Waals surface area contributed by atoms with Crippen LogP contribution < -0.4 is 10.6 Å². The number of nitrogens with one attached hydrogen (secondary N) is 2. The number of amides is 4. The highest BCUT2D eigenvalue weighted by molar-refractivity contribution is 7.13. The maximum Gasteiger partial charge on any atom is 0.325 e. The van der Waals surface area contributed by atoms with Crippen molar-refractivity contribution in [1.29, 1.82) is 0 Å². The van der Waals surface area contributed by atoms with Crippen molar-refractivity contribution in [1.82, 2.24) is 20.4 Å². The lowest BCUT2D eigenvalue weighted by molar-refractivity contribution is -0.131. The number of anilines is 1. The second-order valence-electron chi connectivity index (χ2n) is 7.22. The third kappa shape index (κ3) is 3.89. The summed E-state index contributed by atoms with van der Waals surface area (Å²) in [6.45, 7) is 3.43. The first kappa shape index (κ1) is 20.6. The molecule has 8 nitrogen and oxygen atoms in total. The monoisotopic (exact) mass is 439 g/mol. The zero-order valence-corrected chi connectivity index (χ0v) is 17.5. The van der Waals surface area contributed by atoms with Crippen molar-refractivity contribution >= 4 is 34.9 Å². The molecule has 158 valence electrons. The van der Waals surface area contributed by atoms with Crippen LogP contribution in [0.2, 0.25) is 0 Å². The molecule has 4 rings (SSSR count). The first-order chi connectivity index (χ1) is 14.8. The van der Waals surface area contributed by atoms with Crippen LogP contribution in [0.25, 0.3) is 0 Å². The minimum Gasteiger partial charge on any atom is -0.320 e. The summed E-state index contributed by atoms with van der Waals surface area (Å²) in [6, 6.07) is 12.1. The highest BCUT2D eigenvalue weighted by atomic mass is 32.1. The maximum atomic E-state index is 13.1. The van der Waals surface area contributed by atoms with Gasteiger partial charge in [0.1, 0.15) is 16.4 Å². The zero-order chi connectivity index (χ0) is 22.2. The lowest BCUT2D eigenvalue weighted by Gasteiger charge is -2.23. The number of carbonyl (C=O) groups excluding carboxylic acids is 3. The number of aromatic nitrogens is 2. The van der Waals surface area contributed by atoms with Crippen LogP contribution in [0.3, 0.4) is 0 Å². The van der Waals surface area contributed by atoms with Gasteiger partial charge in [0.2, 0.25) is 5.01 Å². The fourth-order valence-electron chi connectivity index (χ4n) is 3.42. The van der Waals surface area contributed by atoms with Crippen LogP contribution >= 0.6 is 11.3 Å². The Kier molecular flexibility index (Phi) is 5.24. The van der Waals surface area contributed by atoms with Gasteiger partial charge >= 0.3 is 6.03 Å². The number of imide groups is 1. The summed E-state index contributed by atoms with van der Waals surface area (Å²) in [5.74, 6) is -1.33. The number of benzene rings is 2. The van der Waals surface area contributed by atoms with E-state index in [-0.39, 0.29) is 11.6 Å². The van der Waals surface area contributed by atoms with Gasteiger partial charge in [0, 0.05) is 5.69 Å². The van der Waals surface area contributed by atoms with Gasteiger partial charge in [-0.25, -0.2) is 9.18 Å². The van der Waals surface area contributed by atoms with Crippen LogP contribution in [0.5, 0.6) is 0 Å². The molecule has 0 spiro atoms. The van der Waals surface area contributed by atoms with E-state index in [1.807, 2.05) is 25.1 Å². The van der Waals surface area contributed by atoms with E-state index < -0.39 is 29.2 Å². The molecule has 1 saturated heterocycles. The summed E-state index contributed by atoms with van der Waals surface area (Å²) in [7, 11) is 0. The zero-order valence-electron chi connectivity index (χ0n) is 16.7. The number of halogens is 1. The lowest BCUT2D eigenvalue weighted by Crippen LogP contribution is -2.41. The number of aryl methyl sites for hydroxylation is 1. The Morgan fingerprint density at radius 1 is 1.16 bits per heavy atom. The second-order valence-corrected chi connectivity index (χ2v) is 8.29. The molecule has 2 aromatic carbocycles. The summed E-state index contributed by atoms with van der Waals surface area (Å²) in [4.78, 5) is 39.0. The molecule has 1 unspecified atom stereocenters. The van der Waals surface area contributed by atoms with Crippen LogP contribution in [0.15, 0.2) is 48.5 Å². The third-order valence-corrected chi connectivity index (χ3v) is 5.92. The van der Waals surface area contributed by atoms with Gasteiger partial charge in [-0.3, -0.25) is 14.5 Å². The van der Waals surface area contributed by atoms with Gasteiger partial charge in [0.25, 0.3) is 11.8 Å². The molecule has 0 radical (unpaired) electrons. The number of hydrogen-bond donors (Lipinski definition) is 2. The molecule has 2 N–H and O–H groups in total. The Morgan fingerprint density at radius 3 is 2.58 bits per heavy atom. The van der Waals surface area contributed by atoms with Gasteiger partial charge in [0.15, 0.2) is 0 Å². The van der Waals surface area contributed by atoms with E-state index in [4.69, 9.17) is 0 Å². The Morgan fingerprint density at radius 2 is 1.87 bits per heavy atom. The fourth-order valence-corrected chi connectivity index (χ4v) is 4.14. The smallest absolute Gasteiger partial charge is 0.320 e. The van der Waals surface area contributed by atoms with E-state index in [9.17, 15) is 18.8 Å². The average Bonchev–Trinajstić information content (AvgIpc) is 3.29. The number of rotatable bonds is 5. The predicted molar refractivity (Wildman–Crippen MR) is 112 cm³/mol. The van der Waals surface area contributed by atoms with Crippen molar-refractivity contribution in [3.05, 3.63) is 75.5 Å². The van der Waals surface area contributed by atoms with Crippen molar-refractivity contribution in [3.8, 4) is 0 Å². The number of carbonyl (C=O) groups is 3. The van der Waals surface area contributed by atoms with Gasteiger partial charge in [-0.15, -0.1) is 10.2 Å². The topological polar surface area (TPSA) is 104 Å². The van der Waals surface area contributed by atoms with Gasteiger partial charge in [-0.05, 0) is 49.2 Å². The van der Waals surface area contributed by atoms with Crippen LogP contribution in [-0.2, 0) is 16.9 Å². The summed E-state index contributed by atoms with van der Waals surface area (Å²) in [6.07, 6.45) is 0.